The molecule has 0 aromatic heterocycles. The Morgan fingerprint density at radius 3 is 2.43 bits per heavy atom. The van der Waals surface area contributed by atoms with E-state index in [1.807, 2.05) is 0 Å². The maximum Gasteiger partial charge on any atom is 0.355 e. The average molecular weight is 450 g/mol. The van der Waals surface area contributed by atoms with Crippen LogP contribution in [-0.2, 0) is 23.9 Å². The van der Waals surface area contributed by atoms with Crippen LogP contribution in [0.15, 0.2) is 33.8 Å². The molecule has 2 heterocycles. The van der Waals surface area contributed by atoms with Gasteiger partial charge in [-0.2, -0.15) is 5.10 Å². The third kappa shape index (κ3) is 3.13. The zero-order chi connectivity index (χ0) is 20.8. The number of amides is 2. The van der Waals surface area contributed by atoms with Gasteiger partial charge in [-0.1, -0.05) is 12.1 Å². The normalized spacial score (nSPS) is 21.7. The smallest absolute Gasteiger partial charge is 0.355 e. The van der Waals surface area contributed by atoms with E-state index in [9.17, 15) is 19.2 Å². The Morgan fingerprint density at radius 1 is 1.21 bits per heavy atom. The second-order valence-corrected chi connectivity index (χ2v) is 8.25. The van der Waals surface area contributed by atoms with Crippen LogP contribution in [0, 0.1) is 5.92 Å². The van der Waals surface area contributed by atoms with Crippen molar-refractivity contribution in [1.82, 2.24) is 5.01 Å². The number of para-hydroxylation sites is 1. The Hall–Kier alpha value is -2.55. The Kier molecular flexibility index (Phi) is 5.14. The Balaban J connectivity index is 2.10. The fourth-order valence-corrected chi connectivity index (χ4v) is 4.22. The molecule has 2 aliphatic heterocycles. The molecule has 0 bridgehead atoms. The van der Waals surface area contributed by atoms with Crippen LogP contribution in [-0.4, -0.2) is 53.0 Å². The summed E-state index contributed by atoms with van der Waals surface area (Å²) in [6, 6.07) is 5.82. The van der Waals surface area contributed by atoms with E-state index in [2.05, 4.69) is 21.0 Å². The number of carbonyl (C=O) groups is 4. The van der Waals surface area contributed by atoms with Gasteiger partial charge in [-0.15, -0.1) is 0 Å². The van der Waals surface area contributed by atoms with E-state index in [1.54, 1.807) is 38.1 Å². The molecular formula is C19H20BrN3O5. The number of carbonyl (C=O) groups excluding carboxylic acids is 4. The quantitative estimate of drug-likeness (QED) is 0.503. The van der Waals surface area contributed by atoms with Gasteiger partial charge in [0, 0.05) is 10.9 Å². The van der Waals surface area contributed by atoms with Crippen LogP contribution < -0.4 is 4.90 Å². The summed E-state index contributed by atoms with van der Waals surface area (Å²) in [4.78, 5) is 51.5. The number of ketones is 1. The Morgan fingerprint density at radius 2 is 1.86 bits per heavy atom. The second kappa shape index (κ2) is 7.12. The number of ether oxygens (including phenoxy) is 1. The van der Waals surface area contributed by atoms with E-state index in [-0.39, 0.29) is 17.9 Å². The number of benzene rings is 1. The molecule has 28 heavy (non-hydrogen) atoms. The molecule has 3 rings (SSSR count). The first-order chi connectivity index (χ1) is 13.1. The molecule has 0 spiro atoms. The van der Waals surface area contributed by atoms with Crippen LogP contribution in [0.25, 0.3) is 0 Å². The minimum atomic E-state index is -1.08. The molecule has 1 saturated heterocycles. The number of anilines is 1. The first kappa shape index (κ1) is 20.2. The standard InChI is InChI=1S/C19H20BrN3O5/c1-10(24)9-19(2,3)23-15-13(14(21-23)18(27)28-4)16(25)22(17(15)26)12-8-6-5-7-11(12)20/h5-8,13,15H,9H2,1-4H3/t13-,15-/m1/s1. The van der Waals surface area contributed by atoms with Crippen molar-refractivity contribution in [2.24, 2.45) is 11.0 Å². The van der Waals surface area contributed by atoms with Crippen molar-refractivity contribution in [2.75, 3.05) is 12.0 Å². The number of Topliss-reactive ketones (excluding diaryl/α,β-unsaturated/α-hetero) is 1. The largest absolute Gasteiger partial charge is 0.464 e. The average Bonchev–Trinajstić information content (AvgIpc) is 3.12. The summed E-state index contributed by atoms with van der Waals surface area (Å²) in [5, 5.41) is 5.67. The van der Waals surface area contributed by atoms with Gasteiger partial charge in [-0.25, -0.2) is 9.69 Å². The van der Waals surface area contributed by atoms with Crippen molar-refractivity contribution in [2.45, 2.75) is 38.8 Å². The summed E-state index contributed by atoms with van der Waals surface area (Å²) >= 11 is 3.36. The molecule has 0 saturated carbocycles. The van der Waals surface area contributed by atoms with Crippen molar-refractivity contribution in [3.8, 4) is 0 Å². The predicted molar refractivity (Wildman–Crippen MR) is 105 cm³/mol. The van der Waals surface area contributed by atoms with Crippen LogP contribution in [0.2, 0.25) is 0 Å². The lowest BCUT2D eigenvalue weighted by Gasteiger charge is -2.36. The lowest BCUT2D eigenvalue weighted by molar-refractivity contribution is -0.133. The lowest BCUT2D eigenvalue weighted by atomic mass is 9.92. The molecule has 2 aliphatic rings. The molecule has 1 fully saturated rings. The van der Waals surface area contributed by atoms with Gasteiger partial charge in [-0.05, 0) is 48.8 Å². The molecule has 0 aliphatic carbocycles. The van der Waals surface area contributed by atoms with Gasteiger partial charge in [0.15, 0.2) is 5.71 Å². The second-order valence-electron chi connectivity index (χ2n) is 7.40. The summed E-state index contributed by atoms with van der Waals surface area (Å²) in [6.07, 6.45) is 0.102. The molecule has 1 aromatic rings. The van der Waals surface area contributed by atoms with Crippen LogP contribution in [0.1, 0.15) is 27.2 Å². The highest BCUT2D eigenvalue weighted by atomic mass is 79.9. The zero-order valence-corrected chi connectivity index (χ0v) is 17.5. The molecule has 148 valence electrons. The highest BCUT2D eigenvalue weighted by Gasteiger charge is 2.61. The molecule has 0 radical (unpaired) electrons. The van der Waals surface area contributed by atoms with Crippen molar-refractivity contribution >= 4 is 50.9 Å². The Labute approximate surface area is 170 Å². The van der Waals surface area contributed by atoms with Gasteiger partial charge in [-0.3, -0.25) is 19.4 Å². The number of nitrogens with zero attached hydrogens (tertiary/aromatic N) is 3. The minimum absolute atomic E-state index is 0.0947. The molecular weight excluding hydrogens is 430 g/mol. The van der Waals surface area contributed by atoms with Gasteiger partial charge in [0.25, 0.3) is 5.91 Å². The van der Waals surface area contributed by atoms with Gasteiger partial charge < -0.3 is 4.74 Å². The van der Waals surface area contributed by atoms with Gasteiger partial charge in [0.05, 0.1) is 18.3 Å². The lowest BCUT2D eigenvalue weighted by Crippen LogP contribution is -2.50. The maximum atomic E-state index is 13.3. The highest BCUT2D eigenvalue weighted by molar-refractivity contribution is 9.10. The summed E-state index contributed by atoms with van der Waals surface area (Å²) < 4.78 is 5.35. The van der Waals surface area contributed by atoms with Crippen LogP contribution in [0.5, 0.6) is 0 Å². The van der Waals surface area contributed by atoms with Crippen LogP contribution >= 0.6 is 15.9 Å². The number of esters is 1. The van der Waals surface area contributed by atoms with Crippen LogP contribution in [0.3, 0.4) is 0 Å². The number of hydrogen-bond acceptors (Lipinski definition) is 7. The minimum Gasteiger partial charge on any atom is -0.464 e. The third-order valence-electron chi connectivity index (χ3n) is 4.84. The zero-order valence-electron chi connectivity index (χ0n) is 15.9. The Bertz CT molecular complexity index is 911. The molecule has 8 nitrogen and oxygen atoms in total. The third-order valence-corrected chi connectivity index (χ3v) is 5.51. The molecule has 2 atom stereocenters. The number of hydrazone groups is 1. The number of halogens is 1. The summed E-state index contributed by atoms with van der Waals surface area (Å²) in [7, 11) is 1.19. The summed E-state index contributed by atoms with van der Waals surface area (Å²) in [5.74, 6) is -3.00. The predicted octanol–water partition coefficient (Wildman–Crippen LogP) is 1.91. The van der Waals surface area contributed by atoms with E-state index in [0.29, 0.717) is 10.2 Å². The van der Waals surface area contributed by atoms with E-state index in [1.165, 1.54) is 19.0 Å². The van der Waals surface area contributed by atoms with Crippen molar-refractivity contribution in [1.29, 1.82) is 0 Å². The van der Waals surface area contributed by atoms with E-state index in [0.717, 1.165) is 4.90 Å². The highest BCUT2D eigenvalue weighted by Crippen LogP contribution is 2.41. The van der Waals surface area contributed by atoms with E-state index >= 15 is 0 Å². The van der Waals surface area contributed by atoms with Gasteiger partial charge in [0.2, 0.25) is 5.91 Å². The van der Waals surface area contributed by atoms with E-state index in [4.69, 9.17) is 4.74 Å². The monoisotopic (exact) mass is 449 g/mol. The molecule has 2 amide bonds. The maximum absolute atomic E-state index is 13.3. The number of methoxy groups -OCH3 is 1. The van der Waals surface area contributed by atoms with Crippen LogP contribution in [0.4, 0.5) is 5.69 Å². The van der Waals surface area contributed by atoms with Crippen molar-refractivity contribution in [3.05, 3.63) is 28.7 Å². The van der Waals surface area contributed by atoms with Crippen molar-refractivity contribution < 1.29 is 23.9 Å². The number of imide groups is 1. The SMILES string of the molecule is COC(=O)C1=NN(C(C)(C)CC(C)=O)[C@H]2C(=O)N(c3ccccc3Br)C(=O)[C@H]12. The summed E-state index contributed by atoms with van der Waals surface area (Å²) in [6.45, 7) is 4.93. The fourth-order valence-electron chi connectivity index (χ4n) is 3.76. The van der Waals surface area contributed by atoms with E-state index < -0.39 is 35.3 Å². The fraction of sp³-hybridized carbons (Fsp3) is 0.421. The topological polar surface area (TPSA) is 96.3 Å². The van der Waals surface area contributed by atoms with Gasteiger partial charge >= 0.3 is 5.97 Å². The first-order valence-corrected chi connectivity index (χ1v) is 9.47. The molecule has 0 N–H and O–H groups in total. The first-order valence-electron chi connectivity index (χ1n) is 8.68. The molecule has 0 unspecified atom stereocenters. The van der Waals surface area contributed by atoms with Gasteiger partial charge in [0.1, 0.15) is 17.7 Å². The molecule has 1 aromatic carbocycles. The number of hydrogen-bond donors (Lipinski definition) is 0. The number of rotatable bonds is 5. The van der Waals surface area contributed by atoms with Crippen molar-refractivity contribution in [3.63, 3.8) is 0 Å². The number of fused-ring (bicyclic) bond motifs is 1. The summed E-state index contributed by atoms with van der Waals surface area (Å²) in [5.41, 5.74) is -0.609. The molecule has 9 heteroatoms.